The van der Waals surface area contributed by atoms with Crippen molar-refractivity contribution < 1.29 is 18.7 Å². The van der Waals surface area contributed by atoms with Gasteiger partial charge in [-0.3, -0.25) is 9.59 Å². The zero-order valence-electron chi connectivity index (χ0n) is 17.7. The fourth-order valence-electron chi connectivity index (χ4n) is 4.59. The summed E-state index contributed by atoms with van der Waals surface area (Å²) in [6.07, 6.45) is 0.821. The molecule has 0 saturated carbocycles. The van der Waals surface area contributed by atoms with Gasteiger partial charge in [0.15, 0.2) is 5.89 Å². The summed E-state index contributed by atoms with van der Waals surface area (Å²) < 4.78 is 12.1. The van der Waals surface area contributed by atoms with Crippen molar-refractivity contribution in [2.45, 2.75) is 26.2 Å². The summed E-state index contributed by atoms with van der Waals surface area (Å²) in [6, 6.07) is 8.18. The number of oxazole rings is 1. The van der Waals surface area contributed by atoms with Gasteiger partial charge in [-0.15, -0.1) is 11.3 Å². The van der Waals surface area contributed by atoms with E-state index in [4.69, 9.17) is 9.15 Å². The summed E-state index contributed by atoms with van der Waals surface area (Å²) >= 11 is 1.56. The minimum absolute atomic E-state index is 0.0750. The monoisotopic (exact) mass is 439 g/mol. The lowest BCUT2D eigenvalue weighted by molar-refractivity contribution is 0.0305. The number of thiophene rings is 1. The highest BCUT2D eigenvalue weighted by atomic mass is 32.1. The molecule has 0 bridgehead atoms. The van der Waals surface area contributed by atoms with Crippen LogP contribution in [0.5, 0.6) is 0 Å². The average Bonchev–Trinajstić information content (AvgIpc) is 3.49. The van der Waals surface area contributed by atoms with Gasteiger partial charge in [0.05, 0.1) is 23.8 Å². The molecule has 5 rings (SSSR count). The van der Waals surface area contributed by atoms with Gasteiger partial charge in [-0.2, -0.15) is 0 Å². The molecule has 2 aromatic heterocycles. The Bertz CT molecular complexity index is 1150. The highest BCUT2D eigenvalue weighted by molar-refractivity contribution is 7.21. The van der Waals surface area contributed by atoms with Gasteiger partial charge in [-0.05, 0) is 30.4 Å². The maximum Gasteiger partial charge on any atom is 0.291 e. The first kappa shape index (κ1) is 20.2. The molecule has 2 saturated heterocycles. The molecule has 0 spiro atoms. The third-order valence-electron chi connectivity index (χ3n) is 6.11. The van der Waals surface area contributed by atoms with Crippen molar-refractivity contribution >= 4 is 33.2 Å². The SMILES string of the molecule is Cc1nc(C)c(C(=O)N2CC[C@@H](c3c(C(=O)N4CCOCC4)sc4ccccc34)C2)o1. The van der Waals surface area contributed by atoms with Crippen LogP contribution in [0.3, 0.4) is 0 Å². The maximum absolute atomic E-state index is 13.4. The smallest absolute Gasteiger partial charge is 0.291 e. The number of carbonyl (C=O) groups excluding carboxylic acids is 2. The van der Waals surface area contributed by atoms with E-state index in [1.165, 1.54) is 0 Å². The van der Waals surface area contributed by atoms with Crippen molar-refractivity contribution in [1.82, 2.24) is 14.8 Å². The summed E-state index contributed by atoms with van der Waals surface area (Å²) in [5, 5.41) is 1.12. The molecule has 0 radical (unpaired) electrons. The zero-order chi connectivity index (χ0) is 21.5. The van der Waals surface area contributed by atoms with E-state index < -0.39 is 0 Å². The first-order chi connectivity index (χ1) is 15.0. The normalized spacial score (nSPS) is 19.4. The molecule has 1 aromatic carbocycles. The third kappa shape index (κ3) is 3.64. The lowest BCUT2D eigenvalue weighted by Gasteiger charge is -2.27. The Morgan fingerprint density at radius 2 is 1.84 bits per heavy atom. The van der Waals surface area contributed by atoms with Crippen LogP contribution in [0.25, 0.3) is 10.1 Å². The van der Waals surface area contributed by atoms with Gasteiger partial charge in [0.2, 0.25) is 5.76 Å². The zero-order valence-corrected chi connectivity index (χ0v) is 18.5. The number of nitrogens with zero attached hydrogens (tertiary/aromatic N) is 3. The van der Waals surface area contributed by atoms with Crippen LogP contribution in [-0.2, 0) is 4.74 Å². The van der Waals surface area contributed by atoms with E-state index in [2.05, 4.69) is 17.1 Å². The molecule has 0 aliphatic carbocycles. The molecule has 0 N–H and O–H groups in total. The van der Waals surface area contributed by atoms with Gasteiger partial charge in [0, 0.05) is 43.7 Å². The topological polar surface area (TPSA) is 75.9 Å². The lowest BCUT2D eigenvalue weighted by Crippen LogP contribution is -2.40. The van der Waals surface area contributed by atoms with Crippen molar-refractivity contribution in [2.24, 2.45) is 0 Å². The summed E-state index contributed by atoms with van der Waals surface area (Å²) in [5.41, 5.74) is 1.70. The molecule has 8 heteroatoms. The second-order valence-corrected chi connectivity index (χ2v) is 9.18. The van der Waals surface area contributed by atoms with Crippen molar-refractivity contribution in [3.63, 3.8) is 0 Å². The van der Waals surface area contributed by atoms with E-state index in [9.17, 15) is 9.59 Å². The Hall–Kier alpha value is -2.71. The van der Waals surface area contributed by atoms with Crippen LogP contribution in [0.15, 0.2) is 28.7 Å². The van der Waals surface area contributed by atoms with Crippen LogP contribution in [0, 0.1) is 13.8 Å². The molecule has 1 atom stereocenters. The number of likely N-dealkylation sites (tertiary alicyclic amines) is 1. The second kappa shape index (κ2) is 8.09. The van der Waals surface area contributed by atoms with Crippen LogP contribution in [0.4, 0.5) is 0 Å². The molecule has 4 heterocycles. The fraction of sp³-hybridized carbons (Fsp3) is 0.435. The molecule has 162 valence electrons. The van der Waals surface area contributed by atoms with E-state index in [-0.39, 0.29) is 17.7 Å². The highest BCUT2D eigenvalue weighted by Gasteiger charge is 2.35. The molecule has 7 nitrogen and oxygen atoms in total. The Labute approximate surface area is 184 Å². The quantitative estimate of drug-likeness (QED) is 0.623. The third-order valence-corrected chi connectivity index (χ3v) is 7.28. The van der Waals surface area contributed by atoms with Crippen molar-refractivity contribution in [3.8, 4) is 0 Å². The first-order valence-corrected chi connectivity index (χ1v) is 11.5. The van der Waals surface area contributed by atoms with Crippen LogP contribution in [0.2, 0.25) is 0 Å². The van der Waals surface area contributed by atoms with Crippen LogP contribution >= 0.6 is 11.3 Å². The number of rotatable bonds is 3. The van der Waals surface area contributed by atoms with Gasteiger partial charge in [-0.25, -0.2) is 4.98 Å². The highest BCUT2D eigenvalue weighted by Crippen LogP contribution is 2.41. The fourth-order valence-corrected chi connectivity index (χ4v) is 5.85. The molecule has 3 aromatic rings. The summed E-state index contributed by atoms with van der Waals surface area (Å²) in [6.45, 7) is 7.14. The standard InChI is InChI=1S/C23H25N3O4S/c1-14-20(30-15(2)24-14)22(27)26-8-7-16(13-26)19-17-5-3-4-6-18(17)31-21(19)23(28)25-9-11-29-12-10-25/h3-6,16H,7-13H2,1-2H3/t16-/m1/s1. The average molecular weight is 440 g/mol. The Morgan fingerprint density at radius 3 is 2.58 bits per heavy atom. The number of benzene rings is 1. The molecular formula is C23H25N3O4S. The Balaban J connectivity index is 1.46. The minimum Gasteiger partial charge on any atom is -0.436 e. The van der Waals surface area contributed by atoms with E-state index in [1.54, 1.807) is 25.2 Å². The molecule has 31 heavy (non-hydrogen) atoms. The van der Waals surface area contributed by atoms with Crippen molar-refractivity contribution in [3.05, 3.63) is 52.1 Å². The van der Waals surface area contributed by atoms with E-state index in [0.29, 0.717) is 56.7 Å². The van der Waals surface area contributed by atoms with Crippen molar-refractivity contribution in [2.75, 3.05) is 39.4 Å². The predicted octanol–water partition coefficient (Wildman–Crippen LogP) is 3.61. The first-order valence-electron chi connectivity index (χ1n) is 10.6. The molecule has 2 amide bonds. The second-order valence-electron chi connectivity index (χ2n) is 8.13. The van der Waals surface area contributed by atoms with E-state index in [1.807, 2.05) is 21.9 Å². The number of morpholine rings is 1. The number of hydrogen-bond donors (Lipinski definition) is 0. The van der Waals surface area contributed by atoms with Gasteiger partial charge in [-0.1, -0.05) is 18.2 Å². The number of hydrogen-bond acceptors (Lipinski definition) is 6. The number of aromatic nitrogens is 1. The number of aryl methyl sites for hydroxylation is 2. The minimum atomic E-state index is -0.124. The summed E-state index contributed by atoms with van der Waals surface area (Å²) in [5.74, 6) is 0.883. The van der Waals surface area contributed by atoms with Crippen molar-refractivity contribution in [1.29, 1.82) is 0 Å². The number of fused-ring (bicyclic) bond motifs is 1. The van der Waals surface area contributed by atoms with Gasteiger partial charge in [0.1, 0.15) is 0 Å². The summed E-state index contributed by atoms with van der Waals surface area (Å²) in [7, 11) is 0. The lowest BCUT2D eigenvalue weighted by atomic mass is 9.94. The van der Waals surface area contributed by atoms with E-state index >= 15 is 0 Å². The van der Waals surface area contributed by atoms with Gasteiger partial charge >= 0.3 is 0 Å². The number of amides is 2. The molecule has 0 unspecified atom stereocenters. The number of carbonyl (C=O) groups is 2. The van der Waals surface area contributed by atoms with Crippen LogP contribution in [-0.4, -0.2) is 66.0 Å². The predicted molar refractivity (Wildman–Crippen MR) is 118 cm³/mol. The number of ether oxygens (including phenoxy) is 1. The van der Waals surface area contributed by atoms with E-state index in [0.717, 1.165) is 26.9 Å². The molecular weight excluding hydrogens is 414 g/mol. The maximum atomic E-state index is 13.4. The van der Waals surface area contributed by atoms with Gasteiger partial charge in [0.25, 0.3) is 11.8 Å². The molecule has 2 aliphatic rings. The Morgan fingerprint density at radius 1 is 1.06 bits per heavy atom. The van der Waals surface area contributed by atoms with Crippen LogP contribution in [0.1, 0.15) is 49.7 Å². The summed E-state index contributed by atoms with van der Waals surface area (Å²) in [4.78, 5) is 35.2. The van der Waals surface area contributed by atoms with Gasteiger partial charge < -0.3 is 19.0 Å². The molecule has 2 fully saturated rings. The van der Waals surface area contributed by atoms with Crippen LogP contribution < -0.4 is 0 Å². The largest absolute Gasteiger partial charge is 0.436 e. The molecule has 2 aliphatic heterocycles. The Kier molecular flexibility index (Phi) is 5.27.